The van der Waals surface area contributed by atoms with Crippen LogP contribution in [0, 0.1) is 11.6 Å². The molecular formula is C18H24BrF2N3O. The van der Waals surface area contributed by atoms with Crippen LogP contribution in [0.1, 0.15) is 18.4 Å². The molecule has 4 aliphatic rings. The van der Waals surface area contributed by atoms with Crippen LogP contribution in [-0.4, -0.2) is 72.0 Å². The molecule has 25 heavy (non-hydrogen) atoms. The number of piperazine rings is 3. The molecule has 1 amide bonds. The molecule has 4 nitrogen and oxygen atoms in total. The third kappa shape index (κ3) is 3.46. The van der Waals surface area contributed by atoms with E-state index >= 15 is 0 Å². The summed E-state index contributed by atoms with van der Waals surface area (Å²) in [5.74, 6) is -0.993. The summed E-state index contributed by atoms with van der Waals surface area (Å²) in [6, 6.07) is 3.63. The fourth-order valence-electron chi connectivity index (χ4n) is 4.60. The van der Waals surface area contributed by atoms with Crippen molar-refractivity contribution in [3.63, 3.8) is 0 Å². The number of fused-ring (bicyclic) bond motifs is 3. The highest BCUT2D eigenvalue weighted by atomic mass is 79.9. The van der Waals surface area contributed by atoms with Crippen LogP contribution < -0.4 is 17.0 Å². The molecule has 4 heterocycles. The minimum Gasteiger partial charge on any atom is -1.00 e. The number of rotatable bonds is 3. The van der Waals surface area contributed by atoms with Gasteiger partial charge in [-0.1, -0.05) is 6.07 Å². The average molecular weight is 416 g/mol. The number of carbonyl (C=O) groups excluding carboxylic acids is 1. The van der Waals surface area contributed by atoms with E-state index in [4.69, 9.17) is 0 Å². The first kappa shape index (κ1) is 18.7. The van der Waals surface area contributed by atoms with Crippen LogP contribution in [0.3, 0.4) is 0 Å². The lowest BCUT2D eigenvalue weighted by Crippen LogP contribution is -3.00. The van der Waals surface area contributed by atoms with Gasteiger partial charge in [0.2, 0.25) is 0 Å². The molecule has 4 fully saturated rings. The fourth-order valence-corrected chi connectivity index (χ4v) is 4.60. The molecule has 0 saturated carbocycles. The van der Waals surface area contributed by atoms with E-state index in [-0.39, 0.29) is 35.5 Å². The molecule has 4 aliphatic heterocycles. The first-order chi connectivity index (χ1) is 11.6. The smallest absolute Gasteiger partial charge is 0.281 e. The van der Waals surface area contributed by atoms with E-state index in [0.29, 0.717) is 12.1 Å². The van der Waals surface area contributed by atoms with Crippen molar-refractivity contribution in [2.24, 2.45) is 0 Å². The standard InChI is InChI=1S/C18H24F2N3O.BrH/c19-15-4-3-14(16(20)12-15)13-22-5-1-2-17(18(22)24)23-9-6-21(7-10-23)8-11-23;/h3-4,12,17H,1-2,5-11,13H2;1H/q+1;/p-1. The highest BCUT2D eigenvalue weighted by molar-refractivity contribution is 5.81. The summed E-state index contributed by atoms with van der Waals surface area (Å²) in [7, 11) is 0. The quantitative estimate of drug-likeness (QED) is 0.567. The zero-order valence-corrected chi connectivity index (χ0v) is 15.9. The van der Waals surface area contributed by atoms with E-state index in [1.807, 2.05) is 0 Å². The third-order valence-electron chi connectivity index (χ3n) is 6.12. The molecule has 1 aromatic rings. The number of likely N-dealkylation sites (tertiary alicyclic amines) is 1. The minimum atomic E-state index is -0.580. The van der Waals surface area contributed by atoms with Crippen molar-refractivity contribution in [3.05, 3.63) is 35.4 Å². The summed E-state index contributed by atoms with van der Waals surface area (Å²) in [5.41, 5.74) is 0.397. The number of halogens is 3. The Morgan fingerprint density at radius 3 is 2.40 bits per heavy atom. The van der Waals surface area contributed by atoms with Gasteiger partial charge in [0.05, 0.1) is 19.6 Å². The van der Waals surface area contributed by atoms with Crippen molar-refractivity contribution in [2.45, 2.75) is 25.4 Å². The molecule has 7 heteroatoms. The van der Waals surface area contributed by atoms with Gasteiger partial charge < -0.3 is 26.4 Å². The van der Waals surface area contributed by atoms with Crippen molar-refractivity contribution in [3.8, 4) is 0 Å². The van der Waals surface area contributed by atoms with E-state index < -0.39 is 11.6 Å². The molecule has 1 aromatic carbocycles. The van der Waals surface area contributed by atoms with Crippen LogP contribution in [0.15, 0.2) is 18.2 Å². The molecule has 1 unspecified atom stereocenters. The van der Waals surface area contributed by atoms with Gasteiger partial charge in [0, 0.05) is 50.8 Å². The largest absolute Gasteiger partial charge is 1.00 e. The second-order valence-electron chi connectivity index (χ2n) is 7.38. The predicted octanol–water partition coefficient (Wildman–Crippen LogP) is -1.39. The van der Waals surface area contributed by atoms with E-state index in [2.05, 4.69) is 4.90 Å². The SMILES string of the molecule is O=C1C([N+]23CCN(CC2)CC3)CCCN1Cc1ccc(F)cc1F.[Br-]. The Morgan fingerprint density at radius 1 is 1.08 bits per heavy atom. The van der Waals surface area contributed by atoms with Gasteiger partial charge in [-0.05, 0) is 12.5 Å². The molecule has 0 spiro atoms. The first-order valence-electron chi connectivity index (χ1n) is 8.88. The van der Waals surface area contributed by atoms with Gasteiger partial charge in [0.15, 0.2) is 6.04 Å². The Balaban J connectivity index is 0.00000182. The molecular weight excluding hydrogens is 392 g/mol. The molecule has 138 valence electrons. The lowest BCUT2D eigenvalue weighted by atomic mass is 9.96. The lowest BCUT2D eigenvalue weighted by molar-refractivity contribution is -0.956. The van der Waals surface area contributed by atoms with Gasteiger partial charge in [0.1, 0.15) is 11.6 Å². The number of carbonyl (C=O) groups is 1. The molecule has 0 aliphatic carbocycles. The normalized spacial score (nSPS) is 31.8. The number of quaternary nitrogens is 1. The van der Waals surface area contributed by atoms with E-state index in [1.54, 1.807) is 4.90 Å². The van der Waals surface area contributed by atoms with Crippen molar-refractivity contribution in [1.82, 2.24) is 9.80 Å². The van der Waals surface area contributed by atoms with E-state index in [0.717, 1.165) is 62.7 Å². The molecule has 0 radical (unpaired) electrons. The number of benzene rings is 1. The maximum atomic E-state index is 13.9. The van der Waals surface area contributed by atoms with Gasteiger partial charge >= 0.3 is 0 Å². The Morgan fingerprint density at radius 2 is 1.76 bits per heavy atom. The maximum Gasteiger partial charge on any atom is 0.281 e. The summed E-state index contributed by atoms with van der Waals surface area (Å²) in [6.07, 6.45) is 1.89. The van der Waals surface area contributed by atoms with Gasteiger partial charge in [-0.3, -0.25) is 9.69 Å². The Labute approximate surface area is 157 Å². The number of piperidine rings is 1. The van der Waals surface area contributed by atoms with Crippen LogP contribution >= 0.6 is 0 Å². The topological polar surface area (TPSA) is 23.6 Å². The lowest BCUT2D eigenvalue weighted by Gasteiger charge is -2.55. The maximum absolute atomic E-state index is 13.9. The summed E-state index contributed by atoms with van der Waals surface area (Å²) in [4.78, 5) is 17.3. The second kappa shape index (κ2) is 7.29. The Hall–Kier alpha value is -1.05. The molecule has 1 atom stereocenters. The summed E-state index contributed by atoms with van der Waals surface area (Å²) in [5, 5.41) is 0. The highest BCUT2D eigenvalue weighted by Gasteiger charge is 2.49. The van der Waals surface area contributed by atoms with E-state index in [1.165, 1.54) is 12.1 Å². The van der Waals surface area contributed by atoms with Gasteiger partial charge in [-0.15, -0.1) is 0 Å². The van der Waals surface area contributed by atoms with Crippen LogP contribution in [0.5, 0.6) is 0 Å². The summed E-state index contributed by atoms with van der Waals surface area (Å²) < 4.78 is 27.9. The van der Waals surface area contributed by atoms with Crippen LogP contribution in [0.4, 0.5) is 8.78 Å². The van der Waals surface area contributed by atoms with Crippen molar-refractivity contribution in [1.29, 1.82) is 0 Å². The number of hydrogen-bond donors (Lipinski definition) is 0. The Bertz CT molecular complexity index is 635. The number of nitrogens with zero attached hydrogens (tertiary/aromatic N) is 3. The van der Waals surface area contributed by atoms with Crippen molar-refractivity contribution < 1.29 is 35.0 Å². The Kier molecular flexibility index (Phi) is 5.46. The fraction of sp³-hybridized carbons (Fsp3) is 0.611. The monoisotopic (exact) mass is 415 g/mol. The zero-order chi connectivity index (χ0) is 16.7. The number of amides is 1. The molecule has 0 N–H and O–H groups in total. The average Bonchev–Trinajstić information content (AvgIpc) is 2.60. The minimum absolute atomic E-state index is 0. The molecule has 2 bridgehead atoms. The van der Waals surface area contributed by atoms with Crippen LogP contribution in [0.25, 0.3) is 0 Å². The molecule has 5 rings (SSSR count). The highest BCUT2D eigenvalue weighted by Crippen LogP contribution is 2.30. The van der Waals surface area contributed by atoms with E-state index in [9.17, 15) is 13.6 Å². The van der Waals surface area contributed by atoms with Crippen molar-refractivity contribution in [2.75, 3.05) is 45.8 Å². The summed E-state index contributed by atoms with van der Waals surface area (Å²) >= 11 is 0. The second-order valence-corrected chi connectivity index (χ2v) is 7.38. The first-order valence-corrected chi connectivity index (χ1v) is 8.88. The number of hydrogen-bond acceptors (Lipinski definition) is 2. The predicted molar refractivity (Wildman–Crippen MR) is 86.1 cm³/mol. The van der Waals surface area contributed by atoms with Gasteiger partial charge in [-0.2, -0.15) is 0 Å². The molecule has 0 aromatic heterocycles. The third-order valence-corrected chi connectivity index (χ3v) is 6.12. The van der Waals surface area contributed by atoms with Crippen LogP contribution in [-0.2, 0) is 11.3 Å². The summed E-state index contributed by atoms with van der Waals surface area (Å²) in [6.45, 7) is 7.30. The van der Waals surface area contributed by atoms with Gasteiger partial charge in [0.25, 0.3) is 5.91 Å². The zero-order valence-electron chi connectivity index (χ0n) is 14.3. The van der Waals surface area contributed by atoms with Crippen LogP contribution in [0.2, 0.25) is 0 Å². The molecule has 4 saturated heterocycles. The van der Waals surface area contributed by atoms with Crippen molar-refractivity contribution >= 4 is 5.91 Å². The van der Waals surface area contributed by atoms with Gasteiger partial charge in [-0.25, -0.2) is 8.78 Å².